The van der Waals surface area contributed by atoms with E-state index in [1.165, 1.54) is 11.0 Å². The summed E-state index contributed by atoms with van der Waals surface area (Å²) in [4.78, 5) is 22.7. The van der Waals surface area contributed by atoms with Crippen molar-refractivity contribution in [3.63, 3.8) is 0 Å². The van der Waals surface area contributed by atoms with Crippen LogP contribution in [0.3, 0.4) is 0 Å². The third-order valence-electron chi connectivity index (χ3n) is 1.79. The van der Waals surface area contributed by atoms with E-state index < -0.39 is 16.6 Å². The predicted molar refractivity (Wildman–Crippen MR) is 52.9 cm³/mol. The van der Waals surface area contributed by atoms with Crippen LogP contribution >= 0.6 is 0 Å². The summed E-state index contributed by atoms with van der Waals surface area (Å²) in [6.45, 7) is 5.52. The van der Waals surface area contributed by atoms with Crippen LogP contribution in [0.5, 0.6) is 0 Å². The van der Waals surface area contributed by atoms with E-state index in [9.17, 15) is 14.9 Å². The molecule has 0 aliphatic carbocycles. The molecule has 0 saturated carbocycles. The number of nitrogens with zero attached hydrogens (tertiary/aromatic N) is 2. The number of carbonyl (C=O) groups excluding carboxylic acids is 1. The molecule has 84 valence electrons. The number of carbonyl (C=O) groups is 1. The van der Waals surface area contributed by atoms with Crippen molar-refractivity contribution in [1.29, 1.82) is 0 Å². The Morgan fingerprint density at radius 1 is 1.60 bits per heavy atom. The number of ether oxygens (including phenoxy) is 1. The lowest BCUT2D eigenvalue weighted by molar-refractivity contribution is -0.425. The molecular weight excluding hydrogens is 200 g/mol. The van der Waals surface area contributed by atoms with Crippen molar-refractivity contribution in [3.05, 3.63) is 21.9 Å². The van der Waals surface area contributed by atoms with Gasteiger partial charge < -0.3 is 4.74 Å². The van der Waals surface area contributed by atoms with E-state index in [4.69, 9.17) is 4.74 Å². The molecule has 0 atom stereocenters. The molecule has 0 fully saturated rings. The topological polar surface area (TPSA) is 72.7 Å². The van der Waals surface area contributed by atoms with Crippen LogP contribution in [0.15, 0.2) is 11.8 Å². The zero-order valence-corrected chi connectivity index (χ0v) is 9.02. The SMILES string of the molecule is CC(C)(C)OC(=O)N1CC=C([N+](=O)[O-])C1. The summed E-state index contributed by atoms with van der Waals surface area (Å²) in [7, 11) is 0. The Hall–Kier alpha value is -1.59. The fourth-order valence-electron chi connectivity index (χ4n) is 1.14. The molecule has 1 rings (SSSR count). The first-order valence-corrected chi connectivity index (χ1v) is 4.61. The Kier molecular flexibility index (Phi) is 2.97. The van der Waals surface area contributed by atoms with Gasteiger partial charge in [0, 0.05) is 12.6 Å². The molecule has 1 aliphatic rings. The maximum absolute atomic E-state index is 11.5. The molecule has 0 bridgehead atoms. The minimum Gasteiger partial charge on any atom is -0.444 e. The lowest BCUT2D eigenvalue weighted by atomic mass is 10.2. The predicted octanol–water partition coefficient (Wildman–Crippen LogP) is 1.40. The number of hydrogen-bond donors (Lipinski definition) is 0. The molecule has 6 heteroatoms. The zero-order valence-electron chi connectivity index (χ0n) is 9.02. The number of hydrogen-bond acceptors (Lipinski definition) is 4. The van der Waals surface area contributed by atoms with Crippen LogP contribution in [0.2, 0.25) is 0 Å². The minimum atomic E-state index is -0.575. The quantitative estimate of drug-likeness (QED) is 0.488. The molecule has 0 spiro atoms. The summed E-state index contributed by atoms with van der Waals surface area (Å²) < 4.78 is 5.08. The first-order chi connectivity index (χ1) is 6.79. The van der Waals surface area contributed by atoms with Gasteiger partial charge in [-0.1, -0.05) is 0 Å². The van der Waals surface area contributed by atoms with Crippen LogP contribution in [0, 0.1) is 10.1 Å². The van der Waals surface area contributed by atoms with Crippen LogP contribution < -0.4 is 0 Å². The third kappa shape index (κ3) is 3.23. The van der Waals surface area contributed by atoms with E-state index in [2.05, 4.69) is 0 Å². The lowest BCUT2D eigenvalue weighted by Crippen LogP contribution is -2.35. The van der Waals surface area contributed by atoms with E-state index in [0.717, 1.165) is 0 Å². The highest BCUT2D eigenvalue weighted by Gasteiger charge is 2.29. The fourth-order valence-corrected chi connectivity index (χ4v) is 1.14. The average molecular weight is 214 g/mol. The molecule has 0 N–H and O–H groups in total. The highest BCUT2D eigenvalue weighted by Crippen LogP contribution is 2.14. The van der Waals surface area contributed by atoms with Crippen LogP contribution in [-0.2, 0) is 4.74 Å². The van der Waals surface area contributed by atoms with Crippen molar-refractivity contribution >= 4 is 6.09 Å². The summed E-state index contributed by atoms with van der Waals surface area (Å²) >= 11 is 0. The second kappa shape index (κ2) is 3.88. The Morgan fingerprint density at radius 3 is 2.60 bits per heavy atom. The Morgan fingerprint density at radius 2 is 2.20 bits per heavy atom. The minimum absolute atomic E-state index is 0.0158. The molecule has 0 unspecified atom stereocenters. The molecule has 0 aromatic rings. The van der Waals surface area contributed by atoms with Gasteiger partial charge in [0.1, 0.15) is 12.1 Å². The summed E-state index contributed by atoms with van der Waals surface area (Å²) in [6.07, 6.45) is 0.903. The van der Waals surface area contributed by atoms with Crippen molar-refractivity contribution in [2.45, 2.75) is 26.4 Å². The largest absolute Gasteiger partial charge is 0.444 e. The molecule has 1 heterocycles. The van der Waals surface area contributed by atoms with E-state index >= 15 is 0 Å². The van der Waals surface area contributed by atoms with Gasteiger partial charge in [-0.3, -0.25) is 15.0 Å². The van der Waals surface area contributed by atoms with Crippen LogP contribution in [0.1, 0.15) is 20.8 Å². The summed E-state index contributed by atoms with van der Waals surface area (Å²) in [5, 5.41) is 10.4. The van der Waals surface area contributed by atoms with Crippen molar-refractivity contribution in [3.8, 4) is 0 Å². The van der Waals surface area contributed by atoms with Gasteiger partial charge in [0.25, 0.3) is 5.70 Å². The van der Waals surface area contributed by atoms with E-state index in [-0.39, 0.29) is 18.8 Å². The van der Waals surface area contributed by atoms with Crippen molar-refractivity contribution in [2.75, 3.05) is 13.1 Å². The van der Waals surface area contributed by atoms with Crippen molar-refractivity contribution < 1.29 is 14.5 Å². The normalized spacial score (nSPS) is 16.2. The first-order valence-electron chi connectivity index (χ1n) is 4.61. The van der Waals surface area contributed by atoms with Gasteiger partial charge in [0.05, 0.1) is 4.92 Å². The number of amides is 1. The highest BCUT2D eigenvalue weighted by molar-refractivity contribution is 5.69. The molecule has 0 saturated heterocycles. The van der Waals surface area contributed by atoms with Crippen molar-refractivity contribution in [2.24, 2.45) is 0 Å². The lowest BCUT2D eigenvalue weighted by Gasteiger charge is -2.23. The molecule has 1 aliphatic heterocycles. The third-order valence-corrected chi connectivity index (χ3v) is 1.79. The van der Waals surface area contributed by atoms with Crippen molar-refractivity contribution in [1.82, 2.24) is 4.90 Å². The van der Waals surface area contributed by atoms with Gasteiger partial charge >= 0.3 is 6.09 Å². The van der Waals surface area contributed by atoms with Gasteiger partial charge in [-0.15, -0.1) is 0 Å². The fraction of sp³-hybridized carbons (Fsp3) is 0.667. The maximum atomic E-state index is 11.5. The van der Waals surface area contributed by atoms with Gasteiger partial charge in [-0.25, -0.2) is 4.79 Å². The zero-order chi connectivity index (χ0) is 11.6. The van der Waals surface area contributed by atoms with E-state index in [0.29, 0.717) is 0 Å². The van der Waals surface area contributed by atoms with Gasteiger partial charge in [0.15, 0.2) is 0 Å². The molecule has 0 aromatic heterocycles. The van der Waals surface area contributed by atoms with E-state index in [1.54, 1.807) is 20.8 Å². The second-order valence-corrected chi connectivity index (χ2v) is 4.31. The van der Waals surface area contributed by atoms with Crippen LogP contribution in [0.4, 0.5) is 4.79 Å². The van der Waals surface area contributed by atoms with Gasteiger partial charge in [-0.2, -0.15) is 0 Å². The Bertz CT molecular complexity index is 317. The molecular formula is C9H14N2O4. The van der Waals surface area contributed by atoms with Gasteiger partial charge in [-0.05, 0) is 20.8 Å². The summed E-state index contributed by atoms with van der Waals surface area (Å²) in [5.74, 6) is 0. The summed E-state index contributed by atoms with van der Waals surface area (Å²) in [5.41, 5.74) is -0.532. The maximum Gasteiger partial charge on any atom is 0.411 e. The second-order valence-electron chi connectivity index (χ2n) is 4.31. The van der Waals surface area contributed by atoms with Crippen LogP contribution in [-0.4, -0.2) is 34.6 Å². The molecule has 0 radical (unpaired) electrons. The number of rotatable bonds is 1. The average Bonchev–Trinajstić information content (AvgIpc) is 2.47. The monoisotopic (exact) mass is 214 g/mol. The highest BCUT2D eigenvalue weighted by atomic mass is 16.6. The smallest absolute Gasteiger partial charge is 0.411 e. The standard InChI is InChI=1S/C9H14N2O4/c1-9(2,3)15-8(12)10-5-4-7(6-10)11(13)14/h4H,5-6H2,1-3H3. The molecule has 15 heavy (non-hydrogen) atoms. The summed E-state index contributed by atoms with van der Waals surface area (Å²) in [6, 6.07) is 0. The van der Waals surface area contributed by atoms with Gasteiger partial charge in [0.2, 0.25) is 0 Å². The Labute approximate surface area is 87.7 Å². The Balaban J connectivity index is 2.50. The number of nitro groups is 1. The molecule has 6 nitrogen and oxygen atoms in total. The molecule has 0 aromatic carbocycles. The van der Waals surface area contributed by atoms with Crippen LogP contribution in [0.25, 0.3) is 0 Å². The first kappa shape index (κ1) is 11.5. The van der Waals surface area contributed by atoms with E-state index in [1.807, 2.05) is 0 Å². The molecule has 1 amide bonds.